The van der Waals surface area contributed by atoms with Crippen LogP contribution < -0.4 is 10.2 Å². The molecule has 7 heteroatoms. The average molecular weight is 488 g/mol. The number of allylic oxidation sites excluding steroid dienone is 2. The van der Waals surface area contributed by atoms with Gasteiger partial charge in [-0.15, -0.1) is 11.8 Å². The molecule has 182 valence electrons. The number of pyridine rings is 2. The maximum atomic E-state index is 12.6. The molecule has 1 amide bonds. The molecule has 0 bridgehead atoms. The van der Waals surface area contributed by atoms with E-state index >= 15 is 0 Å². The Morgan fingerprint density at radius 3 is 2.69 bits per heavy atom. The lowest BCUT2D eigenvalue weighted by molar-refractivity contribution is 0.0950. The standard InChI is InChI=1S/C23H26N4OS.C5H7N/c1-16-6-7-17(12-21(16)29-2)23(28)25-15-19-13-20-18(14-24-19)8-9-22(26-20)27-10-4-3-5-11-27;1-3-4-5-6-2/h6-9,12-14H,3-5,10-11,15H2,1-2H3,(H,25,28);3-5H,1-2H2/b;5-4-. The van der Waals surface area contributed by atoms with Crippen LogP contribution >= 0.6 is 11.8 Å². The third-order valence-electron chi connectivity index (χ3n) is 5.72. The minimum atomic E-state index is -0.0859. The van der Waals surface area contributed by atoms with Gasteiger partial charge in [0.2, 0.25) is 0 Å². The fourth-order valence-electron chi connectivity index (χ4n) is 3.80. The summed E-state index contributed by atoms with van der Waals surface area (Å²) in [5.41, 5.74) is 3.59. The van der Waals surface area contributed by atoms with Crippen LogP contribution in [0, 0.1) is 6.92 Å². The number of aryl methyl sites for hydroxylation is 1. The number of aliphatic imine (C=N–C) groups is 1. The van der Waals surface area contributed by atoms with E-state index in [1.54, 1.807) is 30.1 Å². The van der Waals surface area contributed by atoms with Crippen molar-refractivity contribution in [3.63, 3.8) is 0 Å². The van der Waals surface area contributed by atoms with Crippen molar-refractivity contribution in [2.24, 2.45) is 4.99 Å². The Labute approximate surface area is 212 Å². The van der Waals surface area contributed by atoms with Gasteiger partial charge in [-0.2, -0.15) is 0 Å². The molecule has 0 saturated carbocycles. The minimum absolute atomic E-state index is 0.0859. The van der Waals surface area contributed by atoms with Gasteiger partial charge in [0.1, 0.15) is 5.82 Å². The monoisotopic (exact) mass is 487 g/mol. The Balaban J connectivity index is 0.000000509. The van der Waals surface area contributed by atoms with Crippen LogP contribution in [-0.2, 0) is 6.54 Å². The van der Waals surface area contributed by atoms with Gasteiger partial charge in [-0.1, -0.05) is 18.7 Å². The second-order valence-corrected chi connectivity index (χ2v) is 9.06. The van der Waals surface area contributed by atoms with Crippen LogP contribution in [0.3, 0.4) is 0 Å². The highest BCUT2D eigenvalue weighted by molar-refractivity contribution is 7.98. The van der Waals surface area contributed by atoms with Gasteiger partial charge in [0.05, 0.1) is 17.8 Å². The normalized spacial score (nSPS) is 13.3. The van der Waals surface area contributed by atoms with E-state index in [9.17, 15) is 4.79 Å². The van der Waals surface area contributed by atoms with E-state index in [0.29, 0.717) is 12.1 Å². The molecular formula is C28H33N5OS. The molecular weight excluding hydrogens is 454 g/mol. The summed E-state index contributed by atoms with van der Waals surface area (Å²) >= 11 is 1.65. The third-order valence-corrected chi connectivity index (χ3v) is 6.60. The molecule has 1 aliphatic rings. The van der Waals surface area contributed by atoms with E-state index in [4.69, 9.17) is 4.98 Å². The molecule has 0 radical (unpaired) electrons. The Kier molecular flexibility index (Phi) is 10.0. The third kappa shape index (κ3) is 7.52. The quantitative estimate of drug-likeness (QED) is 0.253. The lowest BCUT2D eigenvalue weighted by Crippen LogP contribution is -2.30. The minimum Gasteiger partial charge on any atom is -0.357 e. The van der Waals surface area contributed by atoms with Crippen molar-refractivity contribution in [3.8, 4) is 0 Å². The first-order chi connectivity index (χ1) is 17.0. The highest BCUT2D eigenvalue weighted by atomic mass is 32.2. The predicted octanol–water partition coefficient (Wildman–Crippen LogP) is 5.97. The van der Waals surface area contributed by atoms with E-state index in [1.807, 2.05) is 36.7 Å². The maximum Gasteiger partial charge on any atom is 0.251 e. The summed E-state index contributed by atoms with van der Waals surface area (Å²) in [7, 11) is 0. The van der Waals surface area contributed by atoms with Gasteiger partial charge in [-0.3, -0.25) is 14.8 Å². The topological polar surface area (TPSA) is 70.5 Å². The molecule has 3 aromatic rings. The number of carbonyl (C=O) groups excluding carboxylic acids is 1. The zero-order valence-electron chi connectivity index (χ0n) is 20.5. The molecule has 1 aromatic carbocycles. The number of nitrogens with zero attached hydrogens (tertiary/aromatic N) is 4. The molecule has 2 aromatic heterocycles. The number of hydrogen-bond acceptors (Lipinski definition) is 6. The zero-order valence-corrected chi connectivity index (χ0v) is 21.4. The van der Waals surface area contributed by atoms with E-state index in [-0.39, 0.29) is 5.91 Å². The van der Waals surface area contributed by atoms with Crippen LogP contribution in [0.25, 0.3) is 10.9 Å². The summed E-state index contributed by atoms with van der Waals surface area (Å²) in [4.78, 5) is 28.8. The van der Waals surface area contributed by atoms with Crippen LogP contribution in [-0.4, -0.2) is 41.9 Å². The summed E-state index contributed by atoms with van der Waals surface area (Å²) in [5.74, 6) is 0.944. The molecule has 1 aliphatic heterocycles. The number of rotatable bonds is 7. The van der Waals surface area contributed by atoms with Crippen molar-refractivity contribution < 1.29 is 4.79 Å². The molecule has 1 fully saturated rings. The number of nitrogens with one attached hydrogen (secondary N) is 1. The number of benzene rings is 1. The number of thioether (sulfide) groups is 1. The van der Waals surface area contributed by atoms with Gasteiger partial charge in [0.15, 0.2) is 0 Å². The number of hydrogen-bond donors (Lipinski definition) is 1. The maximum absolute atomic E-state index is 12.6. The molecule has 0 atom stereocenters. The van der Waals surface area contributed by atoms with Crippen LogP contribution in [0.2, 0.25) is 0 Å². The Morgan fingerprint density at radius 2 is 2.00 bits per heavy atom. The molecule has 1 N–H and O–H groups in total. The van der Waals surface area contributed by atoms with E-state index in [1.165, 1.54) is 24.8 Å². The van der Waals surface area contributed by atoms with E-state index in [0.717, 1.165) is 40.4 Å². The first-order valence-corrected chi connectivity index (χ1v) is 12.9. The van der Waals surface area contributed by atoms with Crippen molar-refractivity contribution in [2.75, 3.05) is 24.2 Å². The summed E-state index contributed by atoms with van der Waals surface area (Å²) in [6.45, 7) is 11.2. The van der Waals surface area contributed by atoms with Crippen molar-refractivity contribution in [1.82, 2.24) is 15.3 Å². The lowest BCUT2D eigenvalue weighted by atomic mass is 10.1. The van der Waals surface area contributed by atoms with Gasteiger partial charge >= 0.3 is 0 Å². The summed E-state index contributed by atoms with van der Waals surface area (Å²) in [6.07, 6.45) is 12.6. The average Bonchev–Trinajstić information content (AvgIpc) is 2.91. The SMILES string of the molecule is C=C/C=C\N=C.CSc1cc(C(=O)NCc2cc3nc(N4CCCCC4)ccc3cn2)ccc1C. The molecule has 1 saturated heterocycles. The second kappa shape index (κ2) is 13.4. The smallest absolute Gasteiger partial charge is 0.251 e. The molecule has 6 nitrogen and oxygen atoms in total. The fraction of sp³-hybridized carbons (Fsp3) is 0.286. The first kappa shape index (κ1) is 26.2. The molecule has 35 heavy (non-hydrogen) atoms. The number of fused-ring (bicyclic) bond motifs is 1. The van der Waals surface area contributed by atoms with Crippen molar-refractivity contribution in [2.45, 2.75) is 37.6 Å². The van der Waals surface area contributed by atoms with Crippen molar-refractivity contribution >= 4 is 41.1 Å². The van der Waals surface area contributed by atoms with Crippen LogP contribution in [0.1, 0.15) is 40.9 Å². The Morgan fingerprint density at radius 1 is 1.20 bits per heavy atom. The molecule has 0 aliphatic carbocycles. The highest BCUT2D eigenvalue weighted by Gasteiger charge is 2.13. The predicted molar refractivity (Wildman–Crippen MR) is 149 cm³/mol. The van der Waals surface area contributed by atoms with Crippen LogP contribution in [0.15, 0.2) is 77.4 Å². The fourth-order valence-corrected chi connectivity index (χ4v) is 4.43. The number of piperidine rings is 1. The van der Waals surface area contributed by atoms with Gasteiger partial charge in [0.25, 0.3) is 5.91 Å². The summed E-state index contributed by atoms with van der Waals surface area (Å²) < 4.78 is 0. The van der Waals surface area contributed by atoms with Crippen molar-refractivity contribution in [3.05, 3.63) is 84.3 Å². The molecule has 0 unspecified atom stereocenters. The highest BCUT2D eigenvalue weighted by Crippen LogP contribution is 2.22. The first-order valence-electron chi connectivity index (χ1n) is 11.7. The summed E-state index contributed by atoms with van der Waals surface area (Å²) in [5, 5.41) is 4.00. The van der Waals surface area contributed by atoms with E-state index in [2.05, 4.69) is 52.5 Å². The lowest BCUT2D eigenvalue weighted by Gasteiger charge is -2.27. The zero-order chi connectivity index (χ0) is 25.0. The molecule has 0 spiro atoms. The van der Waals surface area contributed by atoms with E-state index < -0.39 is 0 Å². The van der Waals surface area contributed by atoms with Gasteiger partial charge in [-0.25, -0.2) is 4.98 Å². The van der Waals surface area contributed by atoms with Crippen LogP contribution in [0.5, 0.6) is 0 Å². The number of anilines is 1. The number of aromatic nitrogens is 2. The van der Waals surface area contributed by atoms with Gasteiger partial charge in [0, 0.05) is 41.3 Å². The number of carbonyl (C=O) groups is 1. The second-order valence-electron chi connectivity index (χ2n) is 8.21. The Bertz CT molecular complexity index is 1190. The largest absolute Gasteiger partial charge is 0.357 e. The van der Waals surface area contributed by atoms with Gasteiger partial charge in [-0.05, 0) is 81.1 Å². The molecule has 3 heterocycles. The van der Waals surface area contributed by atoms with Gasteiger partial charge < -0.3 is 10.2 Å². The molecule has 4 rings (SSSR count). The number of amides is 1. The van der Waals surface area contributed by atoms with Crippen molar-refractivity contribution in [1.29, 1.82) is 0 Å². The summed E-state index contributed by atoms with van der Waals surface area (Å²) in [6, 6.07) is 11.9. The van der Waals surface area contributed by atoms with Crippen LogP contribution in [0.4, 0.5) is 5.82 Å². The Hall–Kier alpha value is -3.45.